The molecular formula is C15H12FNO3S. The Morgan fingerprint density at radius 2 is 2.10 bits per heavy atom. The molecule has 0 aliphatic carbocycles. The van der Waals surface area contributed by atoms with Crippen molar-refractivity contribution < 1.29 is 19.1 Å². The minimum atomic E-state index is -1.01. The van der Waals surface area contributed by atoms with Gasteiger partial charge in [0.05, 0.1) is 6.54 Å². The molecule has 2 aromatic rings. The van der Waals surface area contributed by atoms with E-state index in [-0.39, 0.29) is 11.5 Å². The fraction of sp³-hybridized carbons (Fsp3) is 0.0667. The summed E-state index contributed by atoms with van der Waals surface area (Å²) in [5.41, 5.74) is 0.262. The Morgan fingerprint density at radius 1 is 1.29 bits per heavy atom. The van der Waals surface area contributed by atoms with Crippen LogP contribution >= 0.6 is 11.3 Å². The first kappa shape index (κ1) is 14.9. The van der Waals surface area contributed by atoms with Gasteiger partial charge in [0.25, 0.3) is 5.91 Å². The van der Waals surface area contributed by atoms with Crippen LogP contribution in [0.3, 0.4) is 0 Å². The summed E-state index contributed by atoms with van der Waals surface area (Å²) in [7, 11) is 0. The first-order chi connectivity index (χ1) is 10.0. The smallest absolute Gasteiger partial charge is 0.328 e. The highest BCUT2D eigenvalue weighted by Gasteiger charge is 2.06. The molecule has 1 aromatic heterocycles. The van der Waals surface area contributed by atoms with Crippen LogP contribution in [0.2, 0.25) is 0 Å². The minimum Gasteiger partial charge on any atom is -0.478 e. The number of carboxylic acid groups (broad SMARTS) is 1. The first-order valence-electron chi connectivity index (χ1n) is 6.08. The summed E-state index contributed by atoms with van der Waals surface area (Å²) in [6.45, 7) is 0.306. The Labute approximate surface area is 124 Å². The van der Waals surface area contributed by atoms with Crippen molar-refractivity contribution in [3.8, 4) is 0 Å². The van der Waals surface area contributed by atoms with Crippen molar-refractivity contribution in [3.05, 3.63) is 63.6 Å². The third-order valence-corrected chi connectivity index (χ3v) is 3.63. The molecule has 108 valence electrons. The topological polar surface area (TPSA) is 66.4 Å². The van der Waals surface area contributed by atoms with Crippen LogP contribution in [0, 0.1) is 5.82 Å². The zero-order chi connectivity index (χ0) is 15.2. The number of hydrogen-bond donors (Lipinski definition) is 2. The fourth-order valence-electron chi connectivity index (χ4n) is 1.63. The highest BCUT2D eigenvalue weighted by atomic mass is 32.1. The Balaban J connectivity index is 1.94. The zero-order valence-electron chi connectivity index (χ0n) is 10.9. The van der Waals surface area contributed by atoms with Crippen molar-refractivity contribution in [2.75, 3.05) is 0 Å². The lowest BCUT2D eigenvalue weighted by molar-refractivity contribution is -0.131. The van der Waals surface area contributed by atoms with Gasteiger partial charge >= 0.3 is 5.97 Å². The molecule has 0 spiro atoms. The standard InChI is InChI=1S/C15H12FNO3S/c16-11-3-1-2-10(8-11)15(20)17-9-13-5-4-12(21-13)6-7-14(18)19/h1-8H,9H2,(H,17,20)(H,18,19). The molecule has 0 radical (unpaired) electrons. The second kappa shape index (κ2) is 6.81. The number of amides is 1. The molecule has 4 nitrogen and oxygen atoms in total. The molecule has 0 saturated heterocycles. The van der Waals surface area contributed by atoms with Crippen LogP contribution in [0.25, 0.3) is 6.08 Å². The minimum absolute atomic E-state index is 0.262. The van der Waals surface area contributed by atoms with Crippen LogP contribution in [0.4, 0.5) is 4.39 Å². The predicted octanol–water partition coefficient (Wildman–Crippen LogP) is 2.92. The van der Waals surface area contributed by atoms with Crippen molar-refractivity contribution in [3.63, 3.8) is 0 Å². The monoisotopic (exact) mass is 305 g/mol. The maximum Gasteiger partial charge on any atom is 0.328 e. The Hall–Kier alpha value is -2.47. The molecule has 2 rings (SSSR count). The number of carbonyl (C=O) groups is 2. The molecule has 2 N–H and O–H groups in total. The van der Waals surface area contributed by atoms with Crippen molar-refractivity contribution in [1.29, 1.82) is 0 Å². The van der Waals surface area contributed by atoms with Gasteiger partial charge in [-0.3, -0.25) is 4.79 Å². The lowest BCUT2D eigenvalue weighted by Crippen LogP contribution is -2.22. The Morgan fingerprint density at radius 3 is 2.81 bits per heavy atom. The average molecular weight is 305 g/mol. The molecule has 1 amide bonds. The number of halogens is 1. The van der Waals surface area contributed by atoms with Gasteiger partial charge in [-0.25, -0.2) is 9.18 Å². The zero-order valence-corrected chi connectivity index (χ0v) is 11.7. The molecule has 0 bridgehead atoms. The number of benzene rings is 1. The summed E-state index contributed by atoms with van der Waals surface area (Å²) in [6.07, 6.45) is 2.55. The fourth-order valence-corrected chi connectivity index (χ4v) is 2.49. The Kier molecular flexibility index (Phi) is 4.84. The van der Waals surface area contributed by atoms with Crippen LogP contribution in [0.15, 0.2) is 42.5 Å². The van der Waals surface area contributed by atoms with Crippen molar-refractivity contribution in [2.24, 2.45) is 0 Å². The van der Waals surface area contributed by atoms with Gasteiger partial charge in [0.2, 0.25) is 0 Å². The molecule has 0 fully saturated rings. The highest BCUT2D eigenvalue weighted by molar-refractivity contribution is 7.12. The molecule has 1 heterocycles. The predicted molar refractivity (Wildman–Crippen MR) is 78.6 cm³/mol. The van der Waals surface area contributed by atoms with E-state index in [1.54, 1.807) is 12.1 Å². The molecular weight excluding hydrogens is 293 g/mol. The molecule has 0 atom stereocenters. The number of hydrogen-bond acceptors (Lipinski definition) is 3. The lowest BCUT2D eigenvalue weighted by atomic mass is 10.2. The van der Waals surface area contributed by atoms with E-state index in [1.165, 1.54) is 41.7 Å². The number of carbonyl (C=O) groups excluding carboxylic acids is 1. The molecule has 0 aliphatic rings. The van der Waals surface area contributed by atoms with Crippen LogP contribution < -0.4 is 5.32 Å². The van der Waals surface area contributed by atoms with E-state index in [0.717, 1.165) is 15.8 Å². The van der Waals surface area contributed by atoms with Gasteiger partial charge in [0.1, 0.15) is 5.82 Å². The number of aliphatic carboxylic acids is 1. The number of thiophene rings is 1. The van der Waals surface area contributed by atoms with Crippen LogP contribution in [-0.4, -0.2) is 17.0 Å². The number of nitrogens with one attached hydrogen (secondary N) is 1. The summed E-state index contributed by atoms with van der Waals surface area (Å²) in [5.74, 6) is -1.82. The van der Waals surface area contributed by atoms with Crippen molar-refractivity contribution >= 4 is 29.3 Å². The molecule has 0 unspecified atom stereocenters. The molecule has 0 saturated carbocycles. The Bertz CT molecular complexity index is 694. The maximum atomic E-state index is 13.0. The number of rotatable bonds is 5. The van der Waals surface area contributed by atoms with Gasteiger partial charge in [0, 0.05) is 21.4 Å². The van der Waals surface area contributed by atoms with Gasteiger partial charge in [0.15, 0.2) is 0 Å². The van der Waals surface area contributed by atoms with Crippen molar-refractivity contribution in [2.45, 2.75) is 6.54 Å². The lowest BCUT2D eigenvalue weighted by Gasteiger charge is -2.03. The number of carboxylic acids is 1. The molecule has 1 aromatic carbocycles. The first-order valence-corrected chi connectivity index (χ1v) is 6.90. The second-order valence-electron chi connectivity index (χ2n) is 4.17. The maximum absolute atomic E-state index is 13.0. The third kappa shape index (κ3) is 4.54. The molecule has 21 heavy (non-hydrogen) atoms. The van der Waals surface area contributed by atoms with Gasteiger partial charge in [-0.1, -0.05) is 6.07 Å². The largest absolute Gasteiger partial charge is 0.478 e. The third-order valence-electron chi connectivity index (χ3n) is 2.58. The van der Waals surface area contributed by atoms with E-state index < -0.39 is 11.8 Å². The second-order valence-corrected chi connectivity index (χ2v) is 5.37. The average Bonchev–Trinajstić information content (AvgIpc) is 2.90. The van der Waals surface area contributed by atoms with Gasteiger partial charge in [-0.05, 0) is 36.4 Å². The summed E-state index contributed by atoms with van der Waals surface area (Å²) in [6, 6.07) is 9.03. The van der Waals surface area contributed by atoms with Crippen LogP contribution in [0.5, 0.6) is 0 Å². The van der Waals surface area contributed by atoms with E-state index >= 15 is 0 Å². The quantitative estimate of drug-likeness (QED) is 0.835. The van der Waals surface area contributed by atoms with Gasteiger partial charge in [-0.2, -0.15) is 0 Å². The van der Waals surface area contributed by atoms with Crippen LogP contribution in [-0.2, 0) is 11.3 Å². The van der Waals surface area contributed by atoms with E-state index in [4.69, 9.17) is 5.11 Å². The van der Waals surface area contributed by atoms with E-state index in [9.17, 15) is 14.0 Å². The van der Waals surface area contributed by atoms with E-state index in [2.05, 4.69) is 5.32 Å². The van der Waals surface area contributed by atoms with Crippen LogP contribution in [0.1, 0.15) is 20.1 Å². The van der Waals surface area contributed by atoms with Crippen molar-refractivity contribution in [1.82, 2.24) is 5.32 Å². The molecule has 6 heteroatoms. The van der Waals surface area contributed by atoms with Gasteiger partial charge < -0.3 is 10.4 Å². The summed E-state index contributed by atoms with van der Waals surface area (Å²) < 4.78 is 13.0. The summed E-state index contributed by atoms with van der Waals surface area (Å²) >= 11 is 1.38. The SMILES string of the molecule is O=C(O)C=Cc1ccc(CNC(=O)c2cccc(F)c2)s1. The summed E-state index contributed by atoms with van der Waals surface area (Å²) in [4.78, 5) is 23.9. The van der Waals surface area contributed by atoms with E-state index in [0.29, 0.717) is 6.54 Å². The highest BCUT2D eigenvalue weighted by Crippen LogP contribution is 2.18. The molecule has 0 aliphatic heterocycles. The summed E-state index contributed by atoms with van der Waals surface area (Å²) in [5, 5.41) is 11.2. The normalized spacial score (nSPS) is 10.7. The van der Waals surface area contributed by atoms with E-state index in [1.807, 2.05) is 0 Å². The van der Waals surface area contributed by atoms with Gasteiger partial charge in [-0.15, -0.1) is 11.3 Å².